The smallest absolute Gasteiger partial charge is 0.166 e. The summed E-state index contributed by atoms with van der Waals surface area (Å²) >= 11 is 0. The molecule has 0 aliphatic carbocycles. The van der Waals surface area contributed by atoms with Crippen LogP contribution in [0.25, 0.3) is 106 Å². The molecule has 4 nitrogen and oxygen atoms in total. The SMILES string of the molecule is c1ccc(-c2ccc(-c3cccc(-c4nc(-c5ccc(-c6ccccc6)cc5)nc(-c5ccc(-c6ccccc6)cc5-n5c6ccccc6c6ccccc65)n4)c3)cc2)cc1. The third kappa shape index (κ3) is 6.86. The average molecular weight is 779 g/mol. The third-order valence-electron chi connectivity index (χ3n) is 11.5. The lowest BCUT2D eigenvalue weighted by Crippen LogP contribution is -2.04. The summed E-state index contributed by atoms with van der Waals surface area (Å²) in [6.45, 7) is 0. The topological polar surface area (TPSA) is 43.6 Å². The summed E-state index contributed by atoms with van der Waals surface area (Å²) in [7, 11) is 0. The maximum atomic E-state index is 5.35. The minimum absolute atomic E-state index is 0.598. The molecule has 0 saturated carbocycles. The molecule has 0 fully saturated rings. The van der Waals surface area contributed by atoms with Crippen molar-refractivity contribution < 1.29 is 0 Å². The van der Waals surface area contributed by atoms with Gasteiger partial charge in [-0.15, -0.1) is 0 Å². The number of nitrogens with zero attached hydrogens (tertiary/aromatic N) is 4. The van der Waals surface area contributed by atoms with Gasteiger partial charge in [-0.25, -0.2) is 15.0 Å². The van der Waals surface area contributed by atoms with Crippen LogP contribution < -0.4 is 0 Å². The Morgan fingerprint density at radius 1 is 0.246 bits per heavy atom. The van der Waals surface area contributed by atoms with Crippen LogP contribution in [0.5, 0.6) is 0 Å². The molecular weight excluding hydrogens is 741 g/mol. The van der Waals surface area contributed by atoms with Gasteiger partial charge in [-0.2, -0.15) is 0 Å². The van der Waals surface area contributed by atoms with Crippen LogP contribution in [0.15, 0.2) is 231 Å². The summed E-state index contributed by atoms with van der Waals surface area (Å²) in [5.74, 6) is 1.81. The Morgan fingerprint density at radius 2 is 0.607 bits per heavy atom. The molecule has 0 atom stereocenters. The Morgan fingerprint density at radius 3 is 1.16 bits per heavy atom. The van der Waals surface area contributed by atoms with E-state index in [4.69, 9.17) is 15.0 Å². The first-order valence-corrected chi connectivity index (χ1v) is 20.6. The minimum atomic E-state index is 0.598. The number of aromatic nitrogens is 4. The van der Waals surface area contributed by atoms with Gasteiger partial charge in [0.1, 0.15) is 0 Å². The Hall–Kier alpha value is -8.21. The maximum Gasteiger partial charge on any atom is 0.166 e. The van der Waals surface area contributed by atoms with Crippen LogP contribution in [0.1, 0.15) is 0 Å². The second kappa shape index (κ2) is 15.5. The van der Waals surface area contributed by atoms with Gasteiger partial charge in [0.15, 0.2) is 17.5 Å². The van der Waals surface area contributed by atoms with Crippen LogP contribution in [0.2, 0.25) is 0 Å². The Labute approximate surface area is 354 Å². The summed E-state index contributed by atoms with van der Waals surface area (Å²) in [5.41, 5.74) is 15.1. The number of benzene rings is 9. The molecule has 2 heterocycles. The normalized spacial score (nSPS) is 11.3. The van der Waals surface area contributed by atoms with E-state index in [0.717, 1.165) is 66.8 Å². The first-order valence-electron chi connectivity index (χ1n) is 20.6. The molecule has 61 heavy (non-hydrogen) atoms. The van der Waals surface area contributed by atoms with Gasteiger partial charge in [-0.3, -0.25) is 0 Å². The summed E-state index contributed by atoms with van der Waals surface area (Å²) in [6, 6.07) is 81.1. The molecule has 11 rings (SSSR count). The van der Waals surface area contributed by atoms with E-state index in [0.29, 0.717) is 17.5 Å². The van der Waals surface area contributed by atoms with Crippen molar-refractivity contribution in [1.82, 2.24) is 19.5 Å². The predicted molar refractivity (Wildman–Crippen MR) is 252 cm³/mol. The van der Waals surface area contributed by atoms with Crippen LogP contribution in [-0.4, -0.2) is 19.5 Å². The summed E-state index contributed by atoms with van der Waals surface area (Å²) < 4.78 is 2.37. The molecule has 0 aliphatic rings. The van der Waals surface area contributed by atoms with Crippen molar-refractivity contribution in [3.63, 3.8) is 0 Å². The molecule has 0 radical (unpaired) electrons. The second-order valence-corrected chi connectivity index (χ2v) is 15.2. The fraction of sp³-hybridized carbons (Fsp3) is 0. The fourth-order valence-corrected chi connectivity index (χ4v) is 8.42. The summed E-state index contributed by atoms with van der Waals surface area (Å²) in [5, 5.41) is 2.39. The quantitative estimate of drug-likeness (QED) is 0.154. The zero-order chi connectivity index (χ0) is 40.5. The van der Waals surface area contributed by atoms with Crippen LogP contribution in [0.3, 0.4) is 0 Å². The molecule has 0 bridgehead atoms. The highest BCUT2D eigenvalue weighted by molar-refractivity contribution is 6.09. The van der Waals surface area contributed by atoms with E-state index in [9.17, 15) is 0 Å². The maximum absolute atomic E-state index is 5.35. The lowest BCUT2D eigenvalue weighted by atomic mass is 9.99. The van der Waals surface area contributed by atoms with Gasteiger partial charge in [-0.1, -0.05) is 200 Å². The molecule has 0 spiro atoms. The average Bonchev–Trinajstić information content (AvgIpc) is 3.69. The van der Waals surface area contributed by atoms with E-state index in [2.05, 4.69) is 223 Å². The zero-order valence-electron chi connectivity index (χ0n) is 33.2. The number of para-hydroxylation sites is 2. The Bertz CT molecular complexity index is 3270. The van der Waals surface area contributed by atoms with Crippen molar-refractivity contribution in [1.29, 1.82) is 0 Å². The molecule has 0 amide bonds. The molecule has 4 heteroatoms. The van der Waals surface area contributed by atoms with Gasteiger partial charge >= 0.3 is 0 Å². The predicted octanol–water partition coefficient (Wildman–Crippen LogP) is 14.6. The summed E-state index contributed by atoms with van der Waals surface area (Å²) in [4.78, 5) is 15.9. The van der Waals surface area contributed by atoms with Crippen molar-refractivity contribution >= 4 is 21.8 Å². The summed E-state index contributed by atoms with van der Waals surface area (Å²) in [6.07, 6.45) is 0. The first-order chi connectivity index (χ1) is 30.2. The Kier molecular flexibility index (Phi) is 9.14. The van der Waals surface area contributed by atoms with Crippen LogP contribution in [-0.2, 0) is 0 Å². The van der Waals surface area contributed by atoms with E-state index in [-0.39, 0.29) is 0 Å². The fourth-order valence-electron chi connectivity index (χ4n) is 8.42. The van der Waals surface area contributed by atoms with E-state index in [1.165, 1.54) is 21.9 Å². The highest BCUT2D eigenvalue weighted by atomic mass is 15.1. The van der Waals surface area contributed by atoms with Crippen LogP contribution >= 0.6 is 0 Å². The van der Waals surface area contributed by atoms with Gasteiger partial charge in [0, 0.05) is 27.5 Å². The minimum Gasteiger partial charge on any atom is -0.308 e. The van der Waals surface area contributed by atoms with E-state index in [1.807, 2.05) is 12.1 Å². The molecule has 0 N–H and O–H groups in total. The highest BCUT2D eigenvalue weighted by Crippen LogP contribution is 2.39. The lowest BCUT2D eigenvalue weighted by Gasteiger charge is -2.16. The second-order valence-electron chi connectivity index (χ2n) is 15.2. The van der Waals surface area contributed by atoms with Crippen molar-refractivity contribution in [2.45, 2.75) is 0 Å². The largest absolute Gasteiger partial charge is 0.308 e. The zero-order valence-corrected chi connectivity index (χ0v) is 33.2. The van der Waals surface area contributed by atoms with E-state index >= 15 is 0 Å². The van der Waals surface area contributed by atoms with Gasteiger partial charge in [-0.05, 0) is 74.8 Å². The number of rotatable bonds is 8. The number of hydrogen-bond acceptors (Lipinski definition) is 3. The molecular formula is C57H38N4. The first kappa shape index (κ1) is 35.9. The lowest BCUT2D eigenvalue weighted by molar-refractivity contribution is 1.06. The molecule has 0 unspecified atom stereocenters. The molecule has 11 aromatic rings. The van der Waals surface area contributed by atoms with Gasteiger partial charge in [0.2, 0.25) is 0 Å². The monoisotopic (exact) mass is 778 g/mol. The number of fused-ring (bicyclic) bond motifs is 3. The van der Waals surface area contributed by atoms with Crippen molar-refractivity contribution in [2.24, 2.45) is 0 Å². The molecule has 0 saturated heterocycles. The van der Waals surface area contributed by atoms with Crippen LogP contribution in [0.4, 0.5) is 0 Å². The standard InChI is InChI=1S/C57H38N4/c1-4-15-39(16-5-1)42-27-29-44(30-28-42)46-21-14-22-48(37-46)56-58-55(45-33-31-43(32-34-45)40-17-6-2-7-18-40)59-57(60-56)51-36-35-47(41-19-8-3-9-20-41)38-54(51)61-52-25-12-10-23-49(52)50-24-11-13-26-53(50)61/h1-38H. The van der Waals surface area contributed by atoms with Gasteiger partial charge in [0.25, 0.3) is 0 Å². The molecule has 9 aromatic carbocycles. The molecule has 0 aliphatic heterocycles. The van der Waals surface area contributed by atoms with Crippen molar-refractivity contribution in [3.05, 3.63) is 231 Å². The molecule has 2 aromatic heterocycles. The Balaban J connectivity index is 1.10. The highest BCUT2D eigenvalue weighted by Gasteiger charge is 2.20. The number of hydrogen-bond donors (Lipinski definition) is 0. The van der Waals surface area contributed by atoms with Crippen molar-refractivity contribution in [3.8, 4) is 84.4 Å². The van der Waals surface area contributed by atoms with Gasteiger partial charge < -0.3 is 4.57 Å². The molecule has 286 valence electrons. The third-order valence-corrected chi connectivity index (χ3v) is 11.5. The van der Waals surface area contributed by atoms with Gasteiger partial charge in [0.05, 0.1) is 16.7 Å². The van der Waals surface area contributed by atoms with Crippen LogP contribution in [0, 0.1) is 0 Å². The van der Waals surface area contributed by atoms with E-state index < -0.39 is 0 Å². The van der Waals surface area contributed by atoms with Crippen molar-refractivity contribution in [2.75, 3.05) is 0 Å². The van der Waals surface area contributed by atoms with E-state index in [1.54, 1.807) is 0 Å².